The maximum absolute atomic E-state index is 14.1. The van der Waals surface area contributed by atoms with Gasteiger partial charge in [0.1, 0.15) is 0 Å². The van der Waals surface area contributed by atoms with Gasteiger partial charge >= 0.3 is 0 Å². The van der Waals surface area contributed by atoms with Gasteiger partial charge in [0.05, 0.1) is 0 Å². The highest BCUT2D eigenvalue weighted by Gasteiger charge is 2.27. The molecule has 0 saturated heterocycles. The molecule has 1 nitrogen and oxygen atoms in total. The third-order valence-electron chi connectivity index (χ3n) is 5.10. The molecule has 0 heterocycles. The standard InChI is InChI=1S/C28H25OPS/c29-30(26-18-9-3-10-19-26,27-20-11-4-12-21-27)31-23-13-22-28(24-14-5-1-6-15-24)25-16-7-2-8-17-25/h1-12,14-22H,13,23H2. The first-order valence-corrected chi connectivity index (χ1v) is 13.7. The van der Waals surface area contributed by atoms with E-state index in [2.05, 4.69) is 54.6 Å². The van der Waals surface area contributed by atoms with Crippen LogP contribution in [0.25, 0.3) is 5.57 Å². The Bertz CT molecular complexity index is 1070. The van der Waals surface area contributed by atoms with Gasteiger partial charge in [-0.3, -0.25) is 0 Å². The molecule has 4 rings (SSSR count). The average molecular weight is 441 g/mol. The molecule has 31 heavy (non-hydrogen) atoms. The van der Waals surface area contributed by atoms with Gasteiger partial charge in [0.2, 0.25) is 0 Å². The summed E-state index contributed by atoms with van der Waals surface area (Å²) in [7, 11) is 0. The van der Waals surface area contributed by atoms with Crippen LogP contribution in [0.1, 0.15) is 17.5 Å². The van der Waals surface area contributed by atoms with E-state index in [0.717, 1.165) is 22.8 Å². The lowest BCUT2D eigenvalue weighted by Crippen LogP contribution is -2.13. The maximum atomic E-state index is 14.1. The first kappa shape index (κ1) is 21.4. The average Bonchev–Trinajstić information content (AvgIpc) is 2.86. The fourth-order valence-corrected chi connectivity index (χ4v) is 8.49. The largest absolute Gasteiger partial charge is 0.302 e. The third kappa shape index (κ3) is 5.28. The molecule has 0 bridgehead atoms. The fraction of sp³-hybridized carbons (Fsp3) is 0.0714. The number of rotatable bonds is 8. The van der Waals surface area contributed by atoms with Crippen molar-refractivity contribution in [2.24, 2.45) is 0 Å². The van der Waals surface area contributed by atoms with E-state index in [1.165, 1.54) is 16.7 Å². The zero-order valence-electron chi connectivity index (χ0n) is 17.3. The zero-order valence-corrected chi connectivity index (χ0v) is 19.0. The van der Waals surface area contributed by atoms with Crippen molar-refractivity contribution < 1.29 is 4.57 Å². The van der Waals surface area contributed by atoms with Gasteiger partial charge in [-0.15, -0.1) is 0 Å². The molecule has 3 heteroatoms. The summed E-state index contributed by atoms with van der Waals surface area (Å²) in [5.41, 5.74) is 3.62. The highest BCUT2D eigenvalue weighted by Crippen LogP contribution is 2.56. The van der Waals surface area contributed by atoms with E-state index in [1.807, 2.05) is 72.8 Å². The van der Waals surface area contributed by atoms with E-state index in [0.29, 0.717) is 0 Å². The summed E-state index contributed by atoms with van der Waals surface area (Å²) in [6.07, 6.45) is 0.376. The van der Waals surface area contributed by atoms with E-state index in [-0.39, 0.29) is 0 Å². The van der Waals surface area contributed by atoms with Crippen molar-refractivity contribution in [2.75, 3.05) is 5.75 Å². The van der Waals surface area contributed by atoms with Crippen LogP contribution in [0.4, 0.5) is 0 Å². The summed E-state index contributed by atoms with van der Waals surface area (Å²) in [5.74, 6) is 0.782. The van der Waals surface area contributed by atoms with Crippen LogP contribution in [0.3, 0.4) is 0 Å². The Morgan fingerprint density at radius 2 is 1.00 bits per heavy atom. The van der Waals surface area contributed by atoms with Crippen LogP contribution in [0, 0.1) is 0 Å². The predicted molar refractivity (Wildman–Crippen MR) is 137 cm³/mol. The molecule has 0 spiro atoms. The van der Waals surface area contributed by atoms with Crippen molar-refractivity contribution in [3.05, 3.63) is 139 Å². The minimum Gasteiger partial charge on any atom is -0.302 e. The van der Waals surface area contributed by atoms with Crippen molar-refractivity contribution in [1.82, 2.24) is 0 Å². The quantitative estimate of drug-likeness (QED) is 0.213. The first-order valence-electron chi connectivity index (χ1n) is 10.4. The molecule has 0 unspecified atom stereocenters. The lowest BCUT2D eigenvalue weighted by Gasteiger charge is -2.18. The maximum Gasteiger partial charge on any atom is 0.195 e. The van der Waals surface area contributed by atoms with Crippen LogP contribution >= 0.6 is 17.7 Å². The van der Waals surface area contributed by atoms with Crippen LogP contribution in [0.5, 0.6) is 0 Å². The minimum absolute atomic E-state index is 0.782. The second kappa shape index (κ2) is 10.5. The monoisotopic (exact) mass is 440 g/mol. The van der Waals surface area contributed by atoms with Crippen molar-refractivity contribution >= 4 is 33.9 Å². The summed E-state index contributed by atoms with van der Waals surface area (Å²) in [4.78, 5) is 0. The predicted octanol–water partition coefficient (Wildman–Crippen LogP) is 7.17. The number of allylic oxidation sites excluding steroid dienone is 1. The SMILES string of the molecule is O=P(SCCC=C(c1ccccc1)c1ccccc1)(c1ccccc1)c1ccccc1. The Morgan fingerprint density at radius 3 is 1.42 bits per heavy atom. The summed E-state index contributed by atoms with van der Waals surface area (Å²) >= 11 is 1.57. The Labute approximate surface area is 189 Å². The number of hydrogen-bond donors (Lipinski definition) is 0. The molecule has 0 aliphatic rings. The number of hydrogen-bond acceptors (Lipinski definition) is 2. The van der Waals surface area contributed by atoms with E-state index in [4.69, 9.17) is 0 Å². The molecule has 0 amide bonds. The van der Waals surface area contributed by atoms with Crippen molar-refractivity contribution in [2.45, 2.75) is 6.42 Å². The van der Waals surface area contributed by atoms with E-state index >= 15 is 0 Å². The van der Waals surface area contributed by atoms with Gasteiger partial charge in [-0.2, -0.15) is 0 Å². The lowest BCUT2D eigenvalue weighted by atomic mass is 9.97. The summed E-state index contributed by atoms with van der Waals surface area (Å²) < 4.78 is 14.1. The molecule has 0 radical (unpaired) electrons. The molecule has 4 aromatic carbocycles. The zero-order chi connectivity index (χ0) is 21.4. The first-order chi connectivity index (χ1) is 15.3. The van der Waals surface area contributed by atoms with Gasteiger partial charge < -0.3 is 4.57 Å². The van der Waals surface area contributed by atoms with Gasteiger partial charge in [0, 0.05) is 16.4 Å². The Hall–Kier alpha value is -2.80. The summed E-state index contributed by atoms with van der Waals surface area (Å²) in [6, 6.07) is 40.7. The van der Waals surface area contributed by atoms with Gasteiger partial charge in [0.25, 0.3) is 0 Å². The molecule has 0 saturated carbocycles. The highest BCUT2D eigenvalue weighted by molar-refractivity contribution is 8.62. The van der Waals surface area contributed by atoms with Crippen LogP contribution in [-0.2, 0) is 4.57 Å². The second-order valence-electron chi connectivity index (χ2n) is 7.19. The van der Waals surface area contributed by atoms with Gasteiger partial charge in [0.15, 0.2) is 6.34 Å². The van der Waals surface area contributed by atoms with Crippen molar-refractivity contribution in [1.29, 1.82) is 0 Å². The molecule has 0 aliphatic carbocycles. The normalized spacial score (nSPS) is 11.1. The van der Waals surface area contributed by atoms with Gasteiger partial charge in [-0.25, -0.2) is 0 Å². The minimum atomic E-state index is -2.74. The molecule has 154 valence electrons. The summed E-state index contributed by atoms with van der Waals surface area (Å²) in [5, 5.41) is 1.81. The van der Waals surface area contributed by atoms with Crippen LogP contribution < -0.4 is 10.6 Å². The molecular weight excluding hydrogens is 415 g/mol. The molecule has 0 atom stereocenters. The lowest BCUT2D eigenvalue weighted by molar-refractivity contribution is 0.595. The van der Waals surface area contributed by atoms with Crippen LogP contribution in [-0.4, -0.2) is 5.75 Å². The summed E-state index contributed by atoms with van der Waals surface area (Å²) in [6.45, 7) is 0. The molecular formula is C28H25OPS. The van der Waals surface area contributed by atoms with Gasteiger partial charge in [-0.05, 0) is 23.1 Å². The third-order valence-corrected chi connectivity index (χ3v) is 10.7. The fourth-order valence-electron chi connectivity index (χ4n) is 3.57. The van der Waals surface area contributed by atoms with Crippen molar-refractivity contribution in [3.8, 4) is 0 Å². The van der Waals surface area contributed by atoms with Crippen molar-refractivity contribution in [3.63, 3.8) is 0 Å². The Balaban J connectivity index is 1.58. The Kier molecular flexibility index (Phi) is 7.25. The highest BCUT2D eigenvalue weighted by atomic mass is 32.7. The van der Waals surface area contributed by atoms with Crippen LogP contribution in [0.2, 0.25) is 0 Å². The second-order valence-corrected chi connectivity index (χ2v) is 12.3. The molecule has 0 aliphatic heterocycles. The molecule has 4 aromatic rings. The Morgan fingerprint density at radius 1 is 0.613 bits per heavy atom. The molecule has 0 fully saturated rings. The number of benzene rings is 4. The van der Waals surface area contributed by atoms with E-state index < -0.39 is 6.34 Å². The van der Waals surface area contributed by atoms with Gasteiger partial charge in [-0.1, -0.05) is 139 Å². The van der Waals surface area contributed by atoms with E-state index in [9.17, 15) is 4.57 Å². The van der Waals surface area contributed by atoms with Crippen LogP contribution in [0.15, 0.2) is 127 Å². The smallest absolute Gasteiger partial charge is 0.195 e. The molecule has 0 aromatic heterocycles. The molecule has 0 N–H and O–H groups in total. The topological polar surface area (TPSA) is 17.1 Å². The van der Waals surface area contributed by atoms with E-state index in [1.54, 1.807) is 11.4 Å².